The summed E-state index contributed by atoms with van der Waals surface area (Å²) in [5.41, 5.74) is 7.29. The first-order chi connectivity index (χ1) is 9.93. The number of hydrogen-bond acceptors (Lipinski definition) is 4. The molecule has 0 spiro atoms. The van der Waals surface area contributed by atoms with E-state index < -0.39 is 0 Å². The van der Waals surface area contributed by atoms with Crippen molar-refractivity contribution in [1.29, 1.82) is 0 Å². The van der Waals surface area contributed by atoms with Crippen LogP contribution in [-0.4, -0.2) is 17.0 Å². The van der Waals surface area contributed by atoms with Crippen LogP contribution in [0.25, 0.3) is 0 Å². The summed E-state index contributed by atoms with van der Waals surface area (Å²) in [6, 6.07) is 5.03. The summed E-state index contributed by atoms with van der Waals surface area (Å²) in [5, 5.41) is 16.7. The number of carbonyl (C=O) groups is 1. The lowest BCUT2D eigenvalue weighted by atomic mass is 10.1. The van der Waals surface area contributed by atoms with Crippen molar-refractivity contribution in [2.24, 2.45) is 10.9 Å². The maximum absolute atomic E-state index is 12.3. The Morgan fingerprint density at radius 1 is 1.52 bits per heavy atom. The Kier molecular flexibility index (Phi) is 4.87. The fourth-order valence-corrected chi connectivity index (χ4v) is 3.19. The summed E-state index contributed by atoms with van der Waals surface area (Å²) in [4.78, 5) is 12.7. The standard InChI is InChI=1S/C13H11BrClN3O2S/c1-6-5-21-11(10(6)15)13(19)17-9-4-7(14)2-3-8(9)12(16)18-20/h2-5,20H,1H3,(H2,16,18)(H,17,19). The van der Waals surface area contributed by atoms with E-state index in [0.29, 0.717) is 21.2 Å². The van der Waals surface area contributed by atoms with E-state index in [2.05, 4.69) is 26.4 Å². The van der Waals surface area contributed by atoms with Crippen LogP contribution in [0.1, 0.15) is 20.8 Å². The maximum atomic E-state index is 12.3. The van der Waals surface area contributed by atoms with Gasteiger partial charge in [-0.1, -0.05) is 32.7 Å². The van der Waals surface area contributed by atoms with Crippen LogP contribution in [0.2, 0.25) is 5.02 Å². The number of anilines is 1. The van der Waals surface area contributed by atoms with Crippen LogP contribution in [0.3, 0.4) is 0 Å². The zero-order valence-electron chi connectivity index (χ0n) is 10.9. The van der Waals surface area contributed by atoms with Gasteiger partial charge >= 0.3 is 0 Å². The highest BCUT2D eigenvalue weighted by molar-refractivity contribution is 9.10. The monoisotopic (exact) mass is 387 g/mol. The van der Waals surface area contributed by atoms with E-state index in [1.807, 2.05) is 12.3 Å². The lowest BCUT2D eigenvalue weighted by Crippen LogP contribution is -2.19. The molecule has 0 bridgehead atoms. The minimum Gasteiger partial charge on any atom is -0.409 e. The number of hydrogen-bond donors (Lipinski definition) is 3. The molecule has 0 saturated carbocycles. The number of benzene rings is 1. The van der Waals surface area contributed by atoms with Crippen molar-refractivity contribution in [2.45, 2.75) is 6.92 Å². The summed E-state index contributed by atoms with van der Waals surface area (Å²) >= 11 is 10.7. The molecule has 2 rings (SSSR count). The Balaban J connectivity index is 2.37. The molecule has 4 N–H and O–H groups in total. The van der Waals surface area contributed by atoms with Crippen LogP contribution in [0.4, 0.5) is 5.69 Å². The van der Waals surface area contributed by atoms with Gasteiger partial charge in [0, 0.05) is 10.0 Å². The van der Waals surface area contributed by atoms with E-state index in [-0.39, 0.29) is 11.7 Å². The van der Waals surface area contributed by atoms with Gasteiger partial charge in [0.15, 0.2) is 5.84 Å². The van der Waals surface area contributed by atoms with Crippen molar-refractivity contribution in [3.8, 4) is 0 Å². The molecule has 0 radical (unpaired) electrons. The van der Waals surface area contributed by atoms with E-state index in [0.717, 1.165) is 10.0 Å². The second kappa shape index (κ2) is 6.46. The number of amides is 1. The number of aryl methyl sites for hydroxylation is 1. The topological polar surface area (TPSA) is 87.7 Å². The molecule has 110 valence electrons. The van der Waals surface area contributed by atoms with Crippen molar-refractivity contribution >= 4 is 56.3 Å². The molecule has 0 fully saturated rings. The minimum atomic E-state index is -0.344. The van der Waals surface area contributed by atoms with Gasteiger partial charge in [-0.25, -0.2) is 0 Å². The minimum absolute atomic E-state index is 0.0914. The zero-order valence-corrected chi connectivity index (χ0v) is 14.0. The highest BCUT2D eigenvalue weighted by Crippen LogP contribution is 2.29. The van der Waals surface area contributed by atoms with Crippen LogP contribution >= 0.6 is 38.9 Å². The molecule has 0 aliphatic heterocycles. The molecule has 0 aliphatic rings. The number of halogens is 2. The van der Waals surface area contributed by atoms with Gasteiger partial charge < -0.3 is 16.3 Å². The smallest absolute Gasteiger partial charge is 0.267 e. The highest BCUT2D eigenvalue weighted by Gasteiger charge is 2.17. The SMILES string of the molecule is Cc1csc(C(=O)Nc2cc(Br)ccc2/C(N)=N/O)c1Cl. The van der Waals surface area contributed by atoms with Gasteiger partial charge in [-0.3, -0.25) is 4.79 Å². The van der Waals surface area contributed by atoms with Gasteiger partial charge in [0.2, 0.25) is 0 Å². The average Bonchev–Trinajstić information content (AvgIpc) is 2.78. The fourth-order valence-electron chi connectivity index (χ4n) is 1.66. The van der Waals surface area contributed by atoms with Crippen LogP contribution in [0.5, 0.6) is 0 Å². The average molecular weight is 389 g/mol. The summed E-state index contributed by atoms with van der Waals surface area (Å²) in [6.45, 7) is 1.83. The summed E-state index contributed by atoms with van der Waals surface area (Å²) < 4.78 is 0.751. The largest absolute Gasteiger partial charge is 0.409 e. The number of amidine groups is 1. The number of rotatable bonds is 3. The number of oxime groups is 1. The van der Waals surface area contributed by atoms with E-state index in [1.165, 1.54) is 11.3 Å². The molecule has 0 atom stereocenters. The van der Waals surface area contributed by atoms with Crippen molar-refractivity contribution in [3.63, 3.8) is 0 Å². The van der Waals surface area contributed by atoms with Gasteiger partial charge in [0.25, 0.3) is 5.91 Å². The second-order valence-electron chi connectivity index (χ2n) is 4.19. The van der Waals surface area contributed by atoms with E-state index in [9.17, 15) is 4.79 Å². The molecule has 5 nitrogen and oxygen atoms in total. The van der Waals surface area contributed by atoms with Gasteiger partial charge in [-0.05, 0) is 36.1 Å². The zero-order chi connectivity index (χ0) is 15.6. The molecule has 8 heteroatoms. The normalized spacial score (nSPS) is 11.5. The van der Waals surface area contributed by atoms with Gasteiger partial charge in [0.1, 0.15) is 4.88 Å². The molecule has 0 unspecified atom stereocenters. The predicted molar refractivity (Wildman–Crippen MR) is 88.7 cm³/mol. The first-order valence-corrected chi connectivity index (χ1v) is 7.81. The molecule has 1 aromatic carbocycles. The lowest BCUT2D eigenvalue weighted by Gasteiger charge is -2.10. The van der Waals surface area contributed by atoms with Crippen LogP contribution in [0, 0.1) is 6.92 Å². The molecule has 0 saturated heterocycles. The first-order valence-electron chi connectivity index (χ1n) is 5.76. The number of thiophene rings is 1. The predicted octanol–water partition coefficient (Wildman–Crippen LogP) is 3.82. The third kappa shape index (κ3) is 3.37. The maximum Gasteiger partial charge on any atom is 0.267 e. The van der Waals surface area contributed by atoms with Crippen LogP contribution in [-0.2, 0) is 0 Å². The molecule has 21 heavy (non-hydrogen) atoms. The fraction of sp³-hybridized carbons (Fsp3) is 0.0769. The Morgan fingerprint density at radius 2 is 2.24 bits per heavy atom. The number of nitrogens with one attached hydrogen (secondary N) is 1. The quantitative estimate of drug-likeness (QED) is 0.323. The van der Waals surface area contributed by atoms with Gasteiger partial charge in [0.05, 0.1) is 10.7 Å². The van der Waals surface area contributed by atoms with Crippen molar-refractivity contribution < 1.29 is 10.0 Å². The number of carbonyl (C=O) groups excluding carboxylic acids is 1. The van der Waals surface area contributed by atoms with Crippen molar-refractivity contribution in [2.75, 3.05) is 5.32 Å². The van der Waals surface area contributed by atoms with Gasteiger partial charge in [-0.2, -0.15) is 0 Å². The molecule has 1 aromatic heterocycles. The Hall–Kier alpha value is -1.57. The first kappa shape index (κ1) is 15.8. The number of nitrogens with two attached hydrogens (primary N) is 1. The van der Waals surface area contributed by atoms with Crippen LogP contribution in [0.15, 0.2) is 33.2 Å². The molecule has 0 aliphatic carbocycles. The van der Waals surface area contributed by atoms with Gasteiger partial charge in [-0.15, -0.1) is 11.3 Å². The molecular weight excluding hydrogens is 378 g/mol. The Morgan fingerprint density at radius 3 is 2.81 bits per heavy atom. The summed E-state index contributed by atoms with van der Waals surface area (Å²) in [6.07, 6.45) is 0. The van der Waals surface area contributed by atoms with E-state index in [1.54, 1.807) is 18.2 Å². The van der Waals surface area contributed by atoms with Crippen molar-refractivity contribution in [3.05, 3.63) is 49.1 Å². The molecular formula is C13H11BrClN3O2S. The molecule has 1 amide bonds. The third-order valence-electron chi connectivity index (χ3n) is 2.72. The van der Waals surface area contributed by atoms with Crippen molar-refractivity contribution in [1.82, 2.24) is 0 Å². The third-order valence-corrected chi connectivity index (χ3v) is 4.91. The summed E-state index contributed by atoms with van der Waals surface area (Å²) in [5.74, 6) is -0.436. The summed E-state index contributed by atoms with van der Waals surface area (Å²) in [7, 11) is 0. The molecule has 1 heterocycles. The lowest BCUT2D eigenvalue weighted by molar-refractivity contribution is 0.103. The van der Waals surface area contributed by atoms with E-state index >= 15 is 0 Å². The Bertz CT molecular complexity index is 730. The Labute approximate surface area is 138 Å². The number of nitrogens with zero attached hydrogens (tertiary/aromatic N) is 1. The second-order valence-corrected chi connectivity index (χ2v) is 6.36. The molecule has 2 aromatic rings. The van der Waals surface area contributed by atoms with E-state index in [4.69, 9.17) is 22.5 Å². The highest BCUT2D eigenvalue weighted by atomic mass is 79.9. The van der Waals surface area contributed by atoms with Crippen LogP contribution < -0.4 is 11.1 Å².